The Kier molecular flexibility index (Phi) is 5.17. The number of nitro groups is 1. The van der Waals surface area contributed by atoms with Crippen LogP contribution in [-0.2, 0) is 4.74 Å². The van der Waals surface area contributed by atoms with Crippen molar-refractivity contribution in [1.82, 2.24) is 0 Å². The molecule has 0 spiro atoms. The zero-order valence-electron chi connectivity index (χ0n) is 10.1. The summed E-state index contributed by atoms with van der Waals surface area (Å²) >= 11 is 0. The van der Waals surface area contributed by atoms with Gasteiger partial charge in [0.2, 0.25) is 0 Å². The Morgan fingerprint density at radius 3 is 2.78 bits per heavy atom. The quantitative estimate of drug-likeness (QED) is 0.310. The number of nitrogens with one attached hydrogen (secondary N) is 1. The highest BCUT2D eigenvalue weighted by molar-refractivity contribution is 5.96. The van der Waals surface area contributed by atoms with E-state index in [-0.39, 0.29) is 18.0 Å². The van der Waals surface area contributed by atoms with E-state index < -0.39 is 23.2 Å². The second-order valence-corrected chi connectivity index (χ2v) is 4.05. The molecule has 0 aromatic heterocycles. The van der Waals surface area contributed by atoms with Crippen LogP contribution in [0.2, 0.25) is 0 Å². The van der Waals surface area contributed by atoms with Gasteiger partial charge in [-0.05, 0) is 12.8 Å². The Labute approximate surface area is 104 Å². The monoisotopic (exact) mass is 261 g/mol. The average Bonchev–Trinajstić information content (AvgIpc) is 2.50. The second kappa shape index (κ2) is 6.41. The number of ether oxygens (including phenoxy) is 1. The lowest BCUT2D eigenvalue weighted by Gasteiger charge is -2.11. The van der Waals surface area contributed by atoms with Crippen molar-refractivity contribution in [2.75, 3.05) is 13.7 Å². The normalized spacial score (nSPS) is 30.9. The van der Waals surface area contributed by atoms with E-state index in [4.69, 9.17) is 16.2 Å². The van der Waals surface area contributed by atoms with Crippen LogP contribution in [0.4, 0.5) is 4.39 Å². The molecule has 0 amide bonds. The molecule has 5 N–H and O–H groups in total. The fourth-order valence-corrected chi connectivity index (χ4v) is 1.87. The minimum Gasteiger partial charge on any atom is -0.399 e. The largest absolute Gasteiger partial charge is 0.399 e. The summed E-state index contributed by atoms with van der Waals surface area (Å²) in [4.78, 5) is 12.9. The highest BCUT2D eigenvalue weighted by Crippen LogP contribution is 2.17. The van der Waals surface area contributed by atoms with E-state index in [9.17, 15) is 14.5 Å². The molecule has 1 heterocycles. The Hall–Kier alpha value is -1.54. The van der Waals surface area contributed by atoms with Crippen LogP contribution < -0.4 is 16.5 Å². The molecule has 0 bridgehead atoms. The van der Waals surface area contributed by atoms with Gasteiger partial charge < -0.3 is 16.2 Å². The van der Waals surface area contributed by atoms with Crippen molar-refractivity contribution in [3.63, 3.8) is 0 Å². The molecule has 1 rings (SSSR count). The van der Waals surface area contributed by atoms with Crippen molar-refractivity contribution < 1.29 is 19.0 Å². The van der Waals surface area contributed by atoms with Gasteiger partial charge in [-0.1, -0.05) is 0 Å². The summed E-state index contributed by atoms with van der Waals surface area (Å²) in [7, 11) is 1.53. The van der Waals surface area contributed by atoms with Crippen molar-refractivity contribution in [3.8, 4) is 0 Å². The van der Waals surface area contributed by atoms with E-state index in [1.54, 1.807) is 0 Å². The Morgan fingerprint density at radius 1 is 1.61 bits per heavy atom. The van der Waals surface area contributed by atoms with Crippen LogP contribution in [0, 0.1) is 10.1 Å². The molecule has 1 unspecified atom stereocenters. The fraction of sp³-hybridized carbons (Fsp3) is 0.700. The average molecular weight is 261 g/mol. The van der Waals surface area contributed by atoms with Crippen molar-refractivity contribution in [3.05, 3.63) is 22.0 Å². The van der Waals surface area contributed by atoms with Gasteiger partial charge in [-0.3, -0.25) is 10.1 Å². The third kappa shape index (κ3) is 3.23. The molecule has 0 saturated carbocycles. The zero-order valence-corrected chi connectivity index (χ0v) is 10.1. The summed E-state index contributed by atoms with van der Waals surface area (Å²) in [6.07, 6.45) is -0.154. The number of halogens is 1. The SMILES string of the molecule is C[NH+]=C(/C(=C\N)[N+](=O)[O-])C1CC[C@@H](N)[C@H](F)CO1. The maximum Gasteiger partial charge on any atom is 0.352 e. The number of rotatable bonds is 3. The molecule has 0 aromatic carbocycles. The van der Waals surface area contributed by atoms with Crippen LogP contribution in [-0.4, -0.2) is 42.6 Å². The molecule has 1 aliphatic rings. The predicted octanol–water partition coefficient (Wildman–Crippen LogP) is -1.94. The number of nitrogens with zero attached hydrogens (tertiary/aromatic N) is 1. The molecule has 0 aliphatic carbocycles. The number of nitrogens with two attached hydrogens (primary N) is 2. The number of hydrogen-bond acceptors (Lipinski definition) is 5. The van der Waals surface area contributed by atoms with Gasteiger partial charge in [-0.25, -0.2) is 9.38 Å². The third-order valence-electron chi connectivity index (χ3n) is 2.91. The standard InChI is InChI=1S/C10H17FN4O3/c1-14-10(8(4-12)15(16)17)9-3-2-7(13)6(11)5-18-9/h4,6-7,9H,2-3,5,12-13H2,1H3/p+1/b8-4+,14-10?/t6-,7-,9?/m1/s1. The molecule has 3 atom stereocenters. The summed E-state index contributed by atoms with van der Waals surface area (Å²) < 4.78 is 18.7. The lowest BCUT2D eigenvalue weighted by Crippen LogP contribution is -2.72. The summed E-state index contributed by atoms with van der Waals surface area (Å²) in [6, 6.07) is -0.603. The minimum absolute atomic E-state index is 0.174. The molecule has 0 radical (unpaired) electrons. The highest BCUT2D eigenvalue weighted by Gasteiger charge is 2.36. The Morgan fingerprint density at radius 2 is 2.28 bits per heavy atom. The number of alkyl halides is 1. The first-order chi connectivity index (χ1) is 8.51. The molecule has 102 valence electrons. The van der Waals surface area contributed by atoms with Crippen LogP contribution in [0.15, 0.2) is 11.9 Å². The molecule has 7 nitrogen and oxygen atoms in total. The van der Waals surface area contributed by atoms with Gasteiger partial charge in [0.1, 0.15) is 19.3 Å². The van der Waals surface area contributed by atoms with Crippen molar-refractivity contribution in [2.24, 2.45) is 11.5 Å². The van der Waals surface area contributed by atoms with Gasteiger partial charge in [-0.15, -0.1) is 0 Å². The van der Waals surface area contributed by atoms with E-state index >= 15 is 0 Å². The van der Waals surface area contributed by atoms with E-state index in [0.29, 0.717) is 12.8 Å². The van der Waals surface area contributed by atoms with E-state index in [1.807, 2.05) is 0 Å². The van der Waals surface area contributed by atoms with E-state index in [0.717, 1.165) is 6.20 Å². The smallest absolute Gasteiger partial charge is 0.352 e. The molecule has 1 fully saturated rings. The zero-order chi connectivity index (χ0) is 13.7. The maximum absolute atomic E-state index is 13.4. The van der Waals surface area contributed by atoms with Crippen molar-refractivity contribution in [2.45, 2.75) is 31.2 Å². The molecule has 8 heteroatoms. The third-order valence-corrected chi connectivity index (χ3v) is 2.91. The summed E-state index contributed by atoms with van der Waals surface area (Å²) in [5, 5.41) is 10.8. The first kappa shape index (κ1) is 14.5. The Bertz CT molecular complexity index is 360. The minimum atomic E-state index is -1.26. The van der Waals surface area contributed by atoms with Crippen LogP contribution >= 0.6 is 0 Å². The van der Waals surface area contributed by atoms with Crippen LogP contribution in [0.1, 0.15) is 12.8 Å². The summed E-state index contributed by atoms with van der Waals surface area (Å²) in [6.45, 7) is -0.174. The molecular formula is C10H18FN4O3+. The molecule has 1 saturated heterocycles. The van der Waals surface area contributed by atoms with Crippen LogP contribution in [0.5, 0.6) is 0 Å². The lowest BCUT2D eigenvalue weighted by atomic mass is 10.0. The first-order valence-corrected chi connectivity index (χ1v) is 5.63. The first-order valence-electron chi connectivity index (χ1n) is 5.63. The number of hydrogen-bond donors (Lipinski definition) is 3. The predicted molar refractivity (Wildman–Crippen MR) is 63.0 cm³/mol. The molecule has 0 aromatic rings. The van der Waals surface area contributed by atoms with Gasteiger partial charge in [0.25, 0.3) is 5.71 Å². The Balaban J connectivity index is 2.87. The highest BCUT2D eigenvalue weighted by atomic mass is 19.1. The molecule has 1 aliphatic heterocycles. The van der Waals surface area contributed by atoms with Gasteiger partial charge in [0.05, 0.1) is 17.7 Å². The van der Waals surface area contributed by atoms with Gasteiger partial charge >= 0.3 is 5.70 Å². The van der Waals surface area contributed by atoms with Crippen LogP contribution in [0.3, 0.4) is 0 Å². The van der Waals surface area contributed by atoms with Gasteiger partial charge in [-0.2, -0.15) is 0 Å². The summed E-state index contributed by atoms with van der Waals surface area (Å²) in [5.74, 6) is 0. The molecule has 18 heavy (non-hydrogen) atoms. The fourth-order valence-electron chi connectivity index (χ4n) is 1.87. The van der Waals surface area contributed by atoms with E-state index in [2.05, 4.69) is 4.99 Å². The van der Waals surface area contributed by atoms with Crippen LogP contribution in [0.25, 0.3) is 0 Å². The van der Waals surface area contributed by atoms with Crippen molar-refractivity contribution in [1.29, 1.82) is 0 Å². The summed E-state index contributed by atoms with van der Waals surface area (Å²) in [5.41, 5.74) is 10.8. The maximum atomic E-state index is 13.4. The second-order valence-electron chi connectivity index (χ2n) is 4.05. The van der Waals surface area contributed by atoms with Gasteiger partial charge in [0.15, 0.2) is 0 Å². The molecular weight excluding hydrogens is 243 g/mol. The van der Waals surface area contributed by atoms with Crippen molar-refractivity contribution >= 4 is 5.71 Å². The lowest BCUT2D eigenvalue weighted by molar-refractivity contribution is -0.453. The topological polar surface area (TPSA) is 118 Å². The van der Waals surface area contributed by atoms with E-state index in [1.165, 1.54) is 7.05 Å². The van der Waals surface area contributed by atoms with Gasteiger partial charge in [0, 0.05) is 6.04 Å².